The van der Waals surface area contributed by atoms with Gasteiger partial charge < -0.3 is 25.4 Å². The average Bonchev–Trinajstić information content (AvgIpc) is 2.25. The number of carbonyl (C=O) groups is 1. The number of ether oxygens (including phenoxy) is 2. The number of carboxylic acids is 1. The van der Waals surface area contributed by atoms with Gasteiger partial charge in [0.2, 0.25) is 0 Å². The van der Waals surface area contributed by atoms with Gasteiger partial charge in [-0.15, -0.1) is 0 Å². The number of methoxy groups -OCH3 is 1. The number of carboxylic acid groups (broad SMARTS) is 1. The number of rotatable bonds is 5. The first-order valence-electron chi connectivity index (χ1n) is 6.54. The van der Waals surface area contributed by atoms with Gasteiger partial charge in [0.15, 0.2) is 0 Å². The molecule has 0 saturated heterocycles. The maximum atomic E-state index is 10.7. The minimum atomic E-state index is -1.11. The zero-order chi connectivity index (χ0) is 16.6. The molecule has 0 radical (unpaired) electrons. The number of aromatic hydroxyl groups is 1. The van der Waals surface area contributed by atoms with Crippen molar-refractivity contribution < 1.29 is 24.5 Å². The summed E-state index contributed by atoms with van der Waals surface area (Å²) in [6.45, 7) is 8.07. The highest BCUT2D eigenvalue weighted by molar-refractivity contribution is 5.88. The van der Waals surface area contributed by atoms with Gasteiger partial charge in [0.05, 0.1) is 12.2 Å². The monoisotopic (exact) mass is 299 g/mol. The molecule has 0 unspecified atom stereocenters. The molecule has 6 heteroatoms. The number of benzene rings is 1. The van der Waals surface area contributed by atoms with Crippen LogP contribution in [0.1, 0.15) is 38.1 Å². The third-order valence-corrected chi connectivity index (χ3v) is 1.88. The van der Waals surface area contributed by atoms with Gasteiger partial charge in [-0.05, 0) is 39.8 Å². The lowest BCUT2D eigenvalue weighted by atomic mass is 10.1. The molecular weight excluding hydrogens is 274 g/mol. The first kappa shape index (κ1) is 19.2. The Morgan fingerprint density at radius 2 is 1.86 bits per heavy atom. The summed E-state index contributed by atoms with van der Waals surface area (Å²) < 4.78 is 10.3. The zero-order valence-electron chi connectivity index (χ0n) is 13.2. The van der Waals surface area contributed by atoms with Crippen molar-refractivity contribution in [3.8, 4) is 11.5 Å². The summed E-state index contributed by atoms with van der Waals surface area (Å²) in [4.78, 5) is 10.7. The molecule has 0 bridgehead atoms. The molecule has 4 N–H and O–H groups in total. The van der Waals surface area contributed by atoms with Crippen LogP contribution in [0.25, 0.3) is 0 Å². The van der Waals surface area contributed by atoms with Crippen molar-refractivity contribution >= 4 is 5.97 Å². The van der Waals surface area contributed by atoms with Crippen LogP contribution in [0.4, 0.5) is 0 Å². The summed E-state index contributed by atoms with van der Waals surface area (Å²) in [5.41, 5.74) is 5.34. The predicted octanol–water partition coefficient (Wildman–Crippen LogP) is 2.25. The van der Waals surface area contributed by atoms with E-state index in [1.54, 1.807) is 14.0 Å². The minimum Gasteiger partial charge on any atom is -0.508 e. The Morgan fingerprint density at radius 3 is 2.29 bits per heavy atom. The molecule has 1 aromatic carbocycles. The van der Waals surface area contributed by atoms with Crippen molar-refractivity contribution in [1.82, 2.24) is 0 Å². The molecule has 0 spiro atoms. The van der Waals surface area contributed by atoms with E-state index >= 15 is 0 Å². The Hall–Kier alpha value is -1.79. The molecular formula is C15H25NO5. The molecule has 0 aliphatic rings. The Labute approximate surface area is 125 Å². The van der Waals surface area contributed by atoms with Crippen LogP contribution < -0.4 is 10.5 Å². The third kappa shape index (κ3) is 10.6. The first-order valence-corrected chi connectivity index (χ1v) is 6.54. The molecule has 0 fully saturated rings. The number of nitrogens with two attached hydrogens (primary N) is 1. The maximum Gasteiger partial charge on any atom is 0.335 e. The van der Waals surface area contributed by atoms with E-state index in [4.69, 9.17) is 20.3 Å². The van der Waals surface area contributed by atoms with Crippen LogP contribution in [0.5, 0.6) is 11.5 Å². The van der Waals surface area contributed by atoms with E-state index < -0.39 is 5.97 Å². The van der Waals surface area contributed by atoms with Crippen LogP contribution in [0.15, 0.2) is 18.2 Å². The van der Waals surface area contributed by atoms with Crippen molar-refractivity contribution in [3.63, 3.8) is 0 Å². The normalized spacial score (nSPS) is 12.1. The molecule has 1 rings (SSSR count). The topological polar surface area (TPSA) is 102 Å². The highest BCUT2D eigenvalue weighted by atomic mass is 16.5. The zero-order valence-corrected chi connectivity index (χ0v) is 13.2. The molecule has 0 aliphatic carbocycles. The van der Waals surface area contributed by atoms with E-state index in [-0.39, 0.29) is 23.0 Å². The largest absolute Gasteiger partial charge is 0.508 e. The highest BCUT2D eigenvalue weighted by Gasteiger charge is 2.09. The van der Waals surface area contributed by atoms with Crippen LogP contribution >= 0.6 is 0 Å². The van der Waals surface area contributed by atoms with Crippen LogP contribution in [0.3, 0.4) is 0 Å². The van der Waals surface area contributed by atoms with Gasteiger partial charge in [0.1, 0.15) is 17.6 Å². The molecule has 0 aromatic heterocycles. The summed E-state index contributed by atoms with van der Waals surface area (Å²) in [7, 11) is 1.55. The first-order chi connectivity index (χ1) is 9.52. The molecule has 6 nitrogen and oxygen atoms in total. The standard InChI is InChI=1S/C11H14O5.C4H11N/c1-7(6-15-2)16-10-4-8(11(13)14)3-9(12)5-10;1-4(2,3)5/h3-5,7,12H,6H2,1-2H3,(H,13,14);5H2,1-3H3/t7-;/m0./s1. The Bertz CT molecular complexity index is 448. The van der Waals surface area contributed by atoms with Crippen LogP contribution in [0, 0.1) is 0 Å². The minimum absolute atomic E-state index is 0. The lowest BCUT2D eigenvalue weighted by Crippen LogP contribution is -2.26. The Balaban J connectivity index is 0.000000690. The Kier molecular flexibility index (Phi) is 7.76. The quantitative estimate of drug-likeness (QED) is 0.770. The van der Waals surface area contributed by atoms with Crippen molar-refractivity contribution in [2.75, 3.05) is 13.7 Å². The number of aromatic carboxylic acids is 1. The van der Waals surface area contributed by atoms with Crippen LogP contribution in [-0.2, 0) is 4.74 Å². The van der Waals surface area contributed by atoms with Crippen molar-refractivity contribution in [2.24, 2.45) is 5.73 Å². The van der Waals surface area contributed by atoms with Crippen molar-refractivity contribution in [2.45, 2.75) is 39.3 Å². The number of phenolic OH excluding ortho intramolecular Hbond substituents is 1. The fourth-order valence-corrected chi connectivity index (χ4v) is 1.28. The summed E-state index contributed by atoms with van der Waals surface area (Å²) in [5.74, 6) is -0.943. The highest BCUT2D eigenvalue weighted by Crippen LogP contribution is 2.22. The molecule has 21 heavy (non-hydrogen) atoms. The molecule has 0 amide bonds. The van der Waals surface area contributed by atoms with Gasteiger partial charge >= 0.3 is 5.97 Å². The van der Waals surface area contributed by atoms with Gasteiger partial charge in [-0.25, -0.2) is 4.79 Å². The molecule has 1 atom stereocenters. The molecule has 0 aliphatic heterocycles. The summed E-state index contributed by atoms with van der Waals surface area (Å²) >= 11 is 0. The second-order valence-corrected chi connectivity index (χ2v) is 5.77. The Morgan fingerprint density at radius 1 is 1.33 bits per heavy atom. The predicted molar refractivity (Wildman–Crippen MR) is 81.0 cm³/mol. The van der Waals surface area contributed by atoms with E-state index in [1.165, 1.54) is 12.1 Å². The summed E-state index contributed by atoms with van der Waals surface area (Å²) in [5, 5.41) is 18.1. The van der Waals surface area contributed by atoms with Crippen LogP contribution in [0.2, 0.25) is 0 Å². The van der Waals surface area contributed by atoms with Crippen molar-refractivity contribution in [3.05, 3.63) is 23.8 Å². The van der Waals surface area contributed by atoms with Gasteiger partial charge in [0, 0.05) is 18.7 Å². The van der Waals surface area contributed by atoms with Gasteiger partial charge in [-0.2, -0.15) is 0 Å². The average molecular weight is 299 g/mol. The lowest BCUT2D eigenvalue weighted by Gasteiger charge is -2.14. The van der Waals surface area contributed by atoms with Gasteiger partial charge in [-0.3, -0.25) is 0 Å². The smallest absolute Gasteiger partial charge is 0.335 e. The molecule has 1 aromatic rings. The number of phenols is 1. The summed E-state index contributed by atoms with van der Waals surface area (Å²) in [6.07, 6.45) is -0.214. The fourth-order valence-electron chi connectivity index (χ4n) is 1.28. The van der Waals surface area contributed by atoms with E-state index in [2.05, 4.69) is 0 Å². The third-order valence-electron chi connectivity index (χ3n) is 1.88. The SMILES string of the molecule is CC(C)(C)N.COC[C@H](C)Oc1cc(O)cc(C(=O)O)c1. The van der Waals surface area contributed by atoms with Gasteiger partial charge in [-0.1, -0.05) is 0 Å². The second-order valence-electron chi connectivity index (χ2n) is 5.77. The maximum absolute atomic E-state index is 10.7. The summed E-state index contributed by atoms with van der Waals surface area (Å²) in [6, 6.07) is 3.88. The molecule has 120 valence electrons. The van der Waals surface area contributed by atoms with E-state index in [0.717, 1.165) is 6.07 Å². The number of hydrogen-bond donors (Lipinski definition) is 3. The van der Waals surface area contributed by atoms with E-state index in [1.807, 2.05) is 20.8 Å². The number of hydrogen-bond acceptors (Lipinski definition) is 5. The fraction of sp³-hybridized carbons (Fsp3) is 0.533. The van der Waals surface area contributed by atoms with Crippen LogP contribution in [-0.4, -0.2) is 41.5 Å². The molecule has 0 heterocycles. The van der Waals surface area contributed by atoms with E-state index in [9.17, 15) is 9.90 Å². The van der Waals surface area contributed by atoms with Gasteiger partial charge in [0.25, 0.3) is 0 Å². The molecule has 0 saturated carbocycles. The van der Waals surface area contributed by atoms with E-state index in [0.29, 0.717) is 12.4 Å². The van der Waals surface area contributed by atoms with Crippen molar-refractivity contribution in [1.29, 1.82) is 0 Å². The lowest BCUT2D eigenvalue weighted by molar-refractivity contribution is 0.0693. The second kappa shape index (κ2) is 8.49.